The number of halogens is 1. The Morgan fingerprint density at radius 3 is 3.00 bits per heavy atom. The molecule has 0 aliphatic rings. The summed E-state index contributed by atoms with van der Waals surface area (Å²) in [6.45, 7) is 0. The highest BCUT2D eigenvalue weighted by atomic mass is 79.9. The van der Waals surface area contributed by atoms with Gasteiger partial charge in [-0.15, -0.1) is 0 Å². The van der Waals surface area contributed by atoms with Crippen molar-refractivity contribution in [2.24, 2.45) is 10.9 Å². The van der Waals surface area contributed by atoms with E-state index in [2.05, 4.69) is 31.3 Å². The van der Waals surface area contributed by atoms with Crippen molar-refractivity contribution in [3.63, 3.8) is 0 Å². The van der Waals surface area contributed by atoms with Crippen molar-refractivity contribution in [2.75, 3.05) is 0 Å². The summed E-state index contributed by atoms with van der Waals surface area (Å²) in [4.78, 5) is 0. The number of hydrogen-bond acceptors (Lipinski definition) is 3. The molecule has 1 aromatic rings. The molecule has 0 saturated carbocycles. The van der Waals surface area contributed by atoms with E-state index in [1.165, 1.54) is 6.20 Å². The first-order chi connectivity index (χ1) is 4.75. The zero-order valence-electron chi connectivity index (χ0n) is 4.87. The Morgan fingerprint density at radius 2 is 2.60 bits per heavy atom. The van der Waals surface area contributed by atoms with Crippen molar-refractivity contribution in [3.05, 3.63) is 16.4 Å². The fourth-order valence-corrected chi connectivity index (χ4v) is 0.895. The number of nitrogens with zero attached hydrogens (tertiary/aromatic N) is 2. The second-order valence-electron chi connectivity index (χ2n) is 1.58. The van der Waals surface area contributed by atoms with Crippen LogP contribution in [0.5, 0.6) is 0 Å². The van der Waals surface area contributed by atoms with Gasteiger partial charge in [-0.3, -0.25) is 5.10 Å². The van der Waals surface area contributed by atoms with Gasteiger partial charge < -0.3 is 10.9 Å². The normalized spacial score (nSPS) is 11.9. The van der Waals surface area contributed by atoms with E-state index >= 15 is 0 Å². The average molecular weight is 205 g/mol. The van der Waals surface area contributed by atoms with Gasteiger partial charge in [-0.05, 0) is 15.9 Å². The number of aromatic nitrogens is 2. The third-order valence-corrected chi connectivity index (χ3v) is 1.56. The number of rotatable bonds is 1. The van der Waals surface area contributed by atoms with E-state index in [4.69, 9.17) is 10.9 Å². The van der Waals surface area contributed by atoms with Crippen LogP contribution in [0.2, 0.25) is 0 Å². The molecule has 0 atom stereocenters. The van der Waals surface area contributed by atoms with Gasteiger partial charge in [-0.2, -0.15) is 5.10 Å². The molecule has 0 aliphatic carbocycles. The number of amidine groups is 1. The molecule has 1 heterocycles. The maximum Gasteiger partial charge on any atom is 0.189 e. The van der Waals surface area contributed by atoms with Crippen LogP contribution in [0.3, 0.4) is 0 Å². The number of nitrogens with two attached hydrogens (primary N) is 1. The van der Waals surface area contributed by atoms with Crippen LogP contribution in [0.4, 0.5) is 0 Å². The summed E-state index contributed by atoms with van der Waals surface area (Å²) in [6.07, 6.45) is 1.52. The summed E-state index contributed by atoms with van der Waals surface area (Å²) in [5.74, 6) is 0.00405. The molecule has 0 saturated heterocycles. The molecule has 0 aliphatic heterocycles. The Labute approximate surface area is 65.0 Å². The molecule has 0 spiro atoms. The van der Waals surface area contributed by atoms with Gasteiger partial charge in [0.2, 0.25) is 0 Å². The Kier molecular flexibility index (Phi) is 1.91. The van der Waals surface area contributed by atoms with Gasteiger partial charge >= 0.3 is 0 Å². The molecule has 0 fully saturated rings. The van der Waals surface area contributed by atoms with Gasteiger partial charge in [-0.25, -0.2) is 0 Å². The Bertz CT molecular complexity index is 256. The summed E-state index contributed by atoms with van der Waals surface area (Å²) in [6, 6.07) is 0. The molecule has 0 aromatic carbocycles. The molecular weight excluding hydrogens is 200 g/mol. The van der Waals surface area contributed by atoms with E-state index in [1.54, 1.807) is 0 Å². The van der Waals surface area contributed by atoms with Crippen LogP contribution >= 0.6 is 15.9 Å². The predicted octanol–water partition coefficient (Wildman–Crippen LogP) is 0.267. The van der Waals surface area contributed by atoms with Crippen molar-refractivity contribution in [2.45, 2.75) is 0 Å². The third kappa shape index (κ3) is 1.10. The third-order valence-electron chi connectivity index (χ3n) is 0.957. The van der Waals surface area contributed by atoms with E-state index in [0.717, 1.165) is 0 Å². The summed E-state index contributed by atoms with van der Waals surface area (Å²) in [5, 5.41) is 17.2. The lowest BCUT2D eigenvalue weighted by Gasteiger charge is -1.91. The molecule has 0 radical (unpaired) electrons. The molecular formula is C4H5BrN4O. The van der Waals surface area contributed by atoms with Crippen LogP contribution in [0.15, 0.2) is 15.8 Å². The quantitative estimate of drug-likeness (QED) is 0.266. The minimum absolute atomic E-state index is 0.00405. The van der Waals surface area contributed by atoms with Crippen LogP contribution in [0.25, 0.3) is 0 Å². The minimum Gasteiger partial charge on any atom is -0.409 e. The number of oxime groups is 1. The fourth-order valence-electron chi connectivity index (χ4n) is 0.501. The van der Waals surface area contributed by atoms with Gasteiger partial charge in [0.15, 0.2) is 5.84 Å². The topological polar surface area (TPSA) is 87.3 Å². The summed E-state index contributed by atoms with van der Waals surface area (Å²) in [7, 11) is 0. The highest BCUT2D eigenvalue weighted by molar-refractivity contribution is 9.10. The second-order valence-corrected chi connectivity index (χ2v) is 2.43. The molecule has 4 N–H and O–H groups in total. The smallest absolute Gasteiger partial charge is 0.189 e. The average Bonchev–Trinajstić information content (AvgIpc) is 2.34. The lowest BCUT2D eigenvalue weighted by atomic mass is 10.4. The molecule has 0 unspecified atom stereocenters. The van der Waals surface area contributed by atoms with Gasteiger partial charge in [0.1, 0.15) is 5.69 Å². The highest BCUT2D eigenvalue weighted by Crippen LogP contribution is 2.11. The molecule has 6 heteroatoms. The summed E-state index contributed by atoms with van der Waals surface area (Å²) < 4.78 is 0.669. The van der Waals surface area contributed by atoms with Crippen LogP contribution in [-0.2, 0) is 0 Å². The van der Waals surface area contributed by atoms with Crippen molar-refractivity contribution in [3.8, 4) is 0 Å². The van der Waals surface area contributed by atoms with Crippen LogP contribution in [-0.4, -0.2) is 21.2 Å². The molecule has 0 bridgehead atoms. The molecule has 1 aromatic heterocycles. The molecule has 5 nitrogen and oxygen atoms in total. The molecule has 0 amide bonds. The van der Waals surface area contributed by atoms with E-state index in [-0.39, 0.29) is 5.84 Å². The molecule has 10 heavy (non-hydrogen) atoms. The zero-order valence-corrected chi connectivity index (χ0v) is 6.46. The van der Waals surface area contributed by atoms with Crippen LogP contribution in [0.1, 0.15) is 5.69 Å². The summed E-state index contributed by atoms with van der Waals surface area (Å²) >= 11 is 3.14. The van der Waals surface area contributed by atoms with E-state index in [1.807, 2.05) is 0 Å². The lowest BCUT2D eigenvalue weighted by Crippen LogP contribution is -2.14. The van der Waals surface area contributed by atoms with Crippen molar-refractivity contribution >= 4 is 21.8 Å². The number of nitrogens with one attached hydrogen (secondary N) is 1. The first kappa shape index (κ1) is 7.07. The Morgan fingerprint density at radius 1 is 1.90 bits per heavy atom. The predicted molar refractivity (Wildman–Crippen MR) is 38.8 cm³/mol. The lowest BCUT2D eigenvalue weighted by molar-refractivity contribution is 0.318. The Balaban J connectivity index is 3.05. The SMILES string of the molecule is NC(=NO)c1[nH]ncc1Br. The standard InChI is InChI=1S/C4H5BrN4O/c5-2-1-7-8-3(2)4(6)9-10/h1,10H,(H2,6,9)(H,7,8). The van der Waals surface area contributed by atoms with Crippen molar-refractivity contribution < 1.29 is 5.21 Å². The summed E-state index contributed by atoms with van der Waals surface area (Å²) in [5.41, 5.74) is 5.71. The maximum absolute atomic E-state index is 8.23. The monoisotopic (exact) mass is 204 g/mol. The van der Waals surface area contributed by atoms with Gasteiger partial charge in [-0.1, -0.05) is 5.16 Å². The number of H-pyrrole nitrogens is 1. The van der Waals surface area contributed by atoms with E-state index < -0.39 is 0 Å². The van der Waals surface area contributed by atoms with Crippen molar-refractivity contribution in [1.29, 1.82) is 0 Å². The van der Waals surface area contributed by atoms with Crippen molar-refractivity contribution in [1.82, 2.24) is 10.2 Å². The minimum atomic E-state index is 0.00405. The zero-order chi connectivity index (χ0) is 7.56. The Hall–Kier alpha value is -1.04. The maximum atomic E-state index is 8.23. The van der Waals surface area contributed by atoms with Gasteiger partial charge in [0.05, 0.1) is 10.7 Å². The molecule has 1 rings (SSSR count). The van der Waals surface area contributed by atoms with E-state index in [9.17, 15) is 0 Å². The van der Waals surface area contributed by atoms with Gasteiger partial charge in [0, 0.05) is 0 Å². The number of hydrogen-bond donors (Lipinski definition) is 3. The van der Waals surface area contributed by atoms with Gasteiger partial charge in [0.25, 0.3) is 0 Å². The molecule has 54 valence electrons. The first-order valence-corrected chi connectivity index (χ1v) is 3.21. The first-order valence-electron chi connectivity index (χ1n) is 2.42. The largest absolute Gasteiger partial charge is 0.409 e. The fraction of sp³-hybridized carbons (Fsp3) is 0. The van der Waals surface area contributed by atoms with Crippen LogP contribution in [0, 0.1) is 0 Å². The second kappa shape index (κ2) is 2.70. The number of aromatic amines is 1. The van der Waals surface area contributed by atoms with Crippen LogP contribution < -0.4 is 5.73 Å². The van der Waals surface area contributed by atoms with E-state index in [0.29, 0.717) is 10.2 Å². The highest BCUT2D eigenvalue weighted by Gasteiger charge is 2.05.